The van der Waals surface area contributed by atoms with E-state index in [1.54, 1.807) is 7.11 Å². The van der Waals surface area contributed by atoms with Crippen molar-refractivity contribution < 1.29 is 14.3 Å². The first-order valence-corrected chi connectivity index (χ1v) is 9.14. The summed E-state index contributed by atoms with van der Waals surface area (Å²) in [5.41, 5.74) is 0.766. The number of nitrogens with one attached hydrogen (secondary N) is 1. The quantitative estimate of drug-likeness (QED) is 0.874. The summed E-state index contributed by atoms with van der Waals surface area (Å²) in [6.07, 6.45) is 1.97. The number of piperidine rings is 1. The van der Waals surface area contributed by atoms with Crippen molar-refractivity contribution in [2.45, 2.75) is 52.2 Å². The number of amides is 1. The van der Waals surface area contributed by atoms with E-state index in [1.165, 1.54) is 5.56 Å². The van der Waals surface area contributed by atoms with Crippen LogP contribution in [0.25, 0.3) is 0 Å². The van der Waals surface area contributed by atoms with Gasteiger partial charge in [0.25, 0.3) is 0 Å². The maximum absolute atomic E-state index is 12.3. The van der Waals surface area contributed by atoms with Gasteiger partial charge in [-0.2, -0.15) is 0 Å². The molecule has 0 saturated carbocycles. The van der Waals surface area contributed by atoms with E-state index < -0.39 is 5.60 Å². The number of hydrogen-bond acceptors (Lipinski definition) is 4. The molecule has 1 aliphatic rings. The van der Waals surface area contributed by atoms with Crippen molar-refractivity contribution in [1.82, 2.24) is 10.2 Å². The summed E-state index contributed by atoms with van der Waals surface area (Å²) in [6.45, 7) is 10.3. The van der Waals surface area contributed by atoms with Crippen LogP contribution in [0, 0.1) is 5.92 Å². The lowest BCUT2D eigenvalue weighted by molar-refractivity contribution is 0.0165. The van der Waals surface area contributed by atoms with Crippen LogP contribution < -0.4 is 10.1 Å². The number of carbonyl (C=O) groups excluding carboxylic acids is 1. The molecule has 0 aliphatic carbocycles. The van der Waals surface area contributed by atoms with Crippen LogP contribution >= 0.6 is 0 Å². The molecule has 0 spiro atoms. The number of likely N-dealkylation sites (tertiary alicyclic amines) is 1. The molecule has 0 bridgehead atoms. The monoisotopic (exact) mass is 348 g/mol. The Labute approximate surface area is 151 Å². The Morgan fingerprint density at radius 3 is 2.84 bits per heavy atom. The Bertz CT molecular complexity index is 568. The zero-order valence-electron chi connectivity index (χ0n) is 16.2. The minimum absolute atomic E-state index is 0.196. The van der Waals surface area contributed by atoms with E-state index in [0.717, 1.165) is 38.2 Å². The predicted molar refractivity (Wildman–Crippen MR) is 99.9 cm³/mol. The van der Waals surface area contributed by atoms with Crippen LogP contribution in [-0.2, 0) is 4.74 Å². The fraction of sp³-hybridized carbons (Fsp3) is 0.650. The van der Waals surface area contributed by atoms with Crippen molar-refractivity contribution in [2.24, 2.45) is 5.92 Å². The van der Waals surface area contributed by atoms with Crippen LogP contribution in [0.2, 0.25) is 0 Å². The molecular formula is C20H32N2O3. The van der Waals surface area contributed by atoms with E-state index in [4.69, 9.17) is 9.47 Å². The van der Waals surface area contributed by atoms with E-state index in [2.05, 4.69) is 24.4 Å². The summed E-state index contributed by atoms with van der Waals surface area (Å²) in [5.74, 6) is 1.33. The zero-order valence-corrected chi connectivity index (χ0v) is 16.2. The summed E-state index contributed by atoms with van der Waals surface area (Å²) in [7, 11) is 1.69. The fourth-order valence-corrected chi connectivity index (χ4v) is 3.10. The molecule has 2 rings (SSSR count). The minimum atomic E-state index is -0.441. The lowest BCUT2D eigenvalue weighted by atomic mass is 9.97. The second-order valence-electron chi connectivity index (χ2n) is 7.84. The summed E-state index contributed by atoms with van der Waals surface area (Å²) >= 11 is 0. The first-order chi connectivity index (χ1) is 11.8. The van der Waals surface area contributed by atoms with Gasteiger partial charge >= 0.3 is 6.09 Å². The number of carbonyl (C=O) groups is 1. The van der Waals surface area contributed by atoms with Crippen molar-refractivity contribution in [3.63, 3.8) is 0 Å². The zero-order chi connectivity index (χ0) is 18.4. The summed E-state index contributed by atoms with van der Waals surface area (Å²) in [6, 6.07) is 8.37. The first-order valence-electron chi connectivity index (χ1n) is 9.14. The van der Waals surface area contributed by atoms with Crippen LogP contribution in [0.4, 0.5) is 4.79 Å². The average molecular weight is 348 g/mol. The third kappa shape index (κ3) is 6.24. The topological polar surface area (TPSA) is 50.8 Å². The van der Waals surface area contributed by atoms with Gasteiger partial charge < -0.3 is 19.7 Å². The average Bonchev–Trinajstić information content (AvgIpc) is 2.58. The summed E-state index contributed by atoms with van der Waals surface area (Å²) in [4.78, 5) is 14.1. The van der Waals surface area contributed by atoms with Gasteiger partial charge in [0.15, 0.2) is 0 Å². The van der Waals surface area contributed by atoms with Crippen molar-refractivity contribution in [3.05, 3.63) is 29.8 Å². The Hall–Kier alpha value is -1.75. The molecule has 1 aliphatic heterocycles. The molecule has 0 radical (unpaired) electrons. The molecule has 5 heteroatoms. The van der Waals surface area contributed by atoms with Gasteiger partial charge in [0, 0.05) is 25.7 Å². The van der Waals surface area contributed by atoms with Gasteiger partial charge in [0.1, 0.15) is 11.4 Å². The number of rotatable bonds is 5. The SMILES string of the molecule is COc1cccc([C@@H](C)NCC2CCCN(C(=O)OC(C)(C)C)C2)c1. The van der Waals surface area contributed by atoms with Crippen molar-refractivity contribution in [1.29, 1.82) is 0 Å². The third-order valence-corrected chi connectivity index (χ3v) is 4.48. The van der Waals surface area contributed by atoms with Gasteiger partial charge in [0.2, 0.25) is 0 Å². The molecule has 140 valence electrons. The van der Waals surface area contributed by atoms with E-state index in [-0.39, 0.29) is 12.1 Å². The standard InChI is InChI=1S/C20H32N2O3/c1-15(17-9-6-10-18(12-17)24-5)21-13-16-8-7-11-22(14-16)19(23)25-20(2,3)4/h6,9-10,12,15-16,21H,7-8,11,13-14H2,1-5H3/t15-,16?/m1/s1. The highest BCUT2D eigenvalue weighted by molar-refractivity contribution is 5.68. The van der Waals surface area contributed by atoms with Crippen LogP contribution in [0.3, 0.4) is 0 Å². The van der Waals surface area contributed by atoms with Crippen LogP contribution in [-0.4, -0.2) is 43.3 Å². The number of nitrogens with zero attached hydrogens (tertiary/aromatic N) is 1. The summed E-state index contributed by atoms with van der Waals surface area (Å²) < 4.78 is 10.8. The molecule has 5 nitrogen and oxygen atoms in total. The third-order valence-electron chi connectivity index (χ3n) is 4.48. The molecule has 2 atom stereocenters. The number of benzene rings is 1. The first kappa shape index (κ1) is 19.6. The highest BCUT2D eigenvalue weighted by Gasteiger charge is 2.27. The molecule has 1 aromatic carbocycles. The van der Waals surface area contributed by atoms with E-state index in [0.29, 0.717) is 5.92 Å². The van der Waals surface area contributed by atoms with E-state index >= 15 is 0 Å². The van der Waals surface area contributed by atoms with Crippen LogP contribution in [0.15, 0.2) is 24.3 Å². The van der Waals surface area contributed by atoms with Crippen LogP contribution in [0.5, 0.6) is 5.75 Å². The molecule has 1 fully saturated rings. The van der Waals surface area contributed by atoms with Crippen LogP contribution in [0.1, 0.15) is 52.1 Å². The molecular weight excluding hydrogens is 316 g/mol. The van der Waals surface area contributed by atoms with Gasteiger partial charge in [0.05, 0.1) is 7.11 Å². The molecule has 25 heavy (non-hydrogen) atoms. The molecule has 1 N–H and O–H groups in total. The Morgan fingerprint density at radius 2 is 2.16 bits per heavy atom. The molecule has 0 aromatic heterocycles. The Kier molecular flexibility index (Phi) is 6.71. The lowest BCUT2D eigenvalue weighted by Gasteiger charge is -2.34. The second-order valence-corrected chi connectivity index (χ2v) is 7.84. The number of methoxy groups -OCH3 is 1. The number of ether oxygens (including phenoxy) is 2. The predicted octanol–water partition coefficient (Wildman–Crippen LogP) is 3.99. The molecule has 1 saturated heterocycles. The van der Waals surface area contributed by atoms with Crippen molar-refractivity contribution in [2.75, 3.05) is 26.7 Å². The highest BCUT2D eigenvalue weighted by atomic mass is 16.6. The molecule has 1 unspecified atom stereocenters. The largest absolute Gasteiger partial charge is 0.497 e. The smallest absolute Gasteiger partial charge is 0.410 e. The lowest BCUT2D eigenvalue weighted by Crippen LogP contribution is -2.45. The number of hydrogen-bond donors (Lipinski definition) is 1. The Balaban J connectivity index is 1.84. The summed E-state index contributed by atoms with van der Waals surface area (Å²) in [5, 5.41) is 3.59. The van der Waals surface area contributed by atoms with Gasteiger partial charge in [-0.15, -0.1) is 0 Å². The molecule has 1 amide bonds. The maximum Gasteiger partial charge on any atom is 0.410 e. The second kappa shape index (κ2) is 8.56. The minimum Gasteiger partial charge on any atom is -0.497 e. The van der Waals surface area contributed by atoms with Crippen molar-refractivity contribution >= 4 is 6.09 Å². The fourth-order valence-electron chi connectivity index (χ4n) is 3.10. The van der Waals surface area contributed by atoms with E-state index in [9.17, 15) is 4.79 Å². The van der Waals surface area contributed by atoms with E-state index in [1.807, 2.05) is 37.8 Å². The highest BCUT2D eigenvalue weighted by Crippen LogP contribution is 2.22. The maximum atomic E-state index is 12.3. The Morgan fingerprint density at radius 1 is 1.40 bits per heavy atom. The van der Waals surface area contributed by atoms with Crippen molar-refractivity contribution in [3.8, 4) is 5.75 Å². The van der Waals surface area contributed by atoms with Gasteiger partial charge in [-0.25, -0.2) is 4.79 Å². The van der Waals surface area contributed by atoms with Gasteiger partial charge in [-0.3, -0.25) is 0 Å². The van der Waals surface area contributed by atoms with Gasteiger partial charge in [-0.1, -0.05) is 12.1 Å². The van der Waals surface area contributed by atoms with Gasteiger partial charge in [-0.05, 0) is 64.2 Å². The normalized spacial score (nSPS) is 19.4. The molecule has 1 aromatic rings. The molecule has 1 heterocycles.